The van der Waals surface area contributed by atoms with E-state index in [9.17, 15) is 12.8 Å². The predicted molar refractivity (Wildman–Crippen MR) is 72.6 cm³/mol. The lowest BCUT2D eigenvalue weighted by atomic mass is 9.88. The van der Waals surface area contributed by atoms with Crippen LogP contribution in [0.5, 0.6) is 0 Å². The molecule has 0 aliphatic heterocycles. The van der Waals surface area contributed by atoms with Crippen LogP contribution in [0.15, 0.2) is 23.1 Å². The Kier molecular flexibility index (Phi) is 3.57. The third-order valence-corrected chi connectivity index (χ3v) is 5.31. The molecule has 1 unspecified atom stereocenters. The van der Waals surface area contributed by atoms with E-state index in [0.717, 1.165) is 25.3 Å². The van der Waals surface area contributed by atoms with Gasteiger partial charge in [0.1, 0.15) is 10.7 Å². The van der Waals surface area contributed by atoms with Crippen molar-refractivity contribution in [3.63, 3.8) is 0 Å². The van der Waals surface area contributed by atoms with E-state index in [4.69, 9.17) is 5.73 Å². The molecule has 0 bridgehead atoms. The van der Waals surface area contributed by atoms with Gasteiger partial charge < -0.3 is 5.73 Å². The molecule has 1 saturated carbocycles. The fourth-order valence-corrected chi connectivity index (χ4v) is 4.03. The average molecular weight is 286 g/mol. The summed E-state index contributed by atoms with van der Waals surface area (Å²) >= 11 is 0. The van der Waals surface area contributed by atoms with Crippen molar-refractivity contribution in [2.45, 2.75) is 44.0 Å². The number of hydrogen-bond donors (Lipinski definition) is 2. The molecule has 1 fully saturated rings. The van der Waals surface area contributed by atoms with Crippen LogP contribution < -0.4 is 10.5 Å². The van der Waals surface area contributed by atoms with E-state index in [1.54, 1.807) is 0 Å². The van der Waals surface area contributed by atoms with Crippen LogP contribution in [0.1, 0.15) is 33.1 Å². The van der Waals surface area contributed by atoms with E-state index in [0.29, 0.717) is 0 Å². The molecule has 0 aromatic heterocycles. The zero-order chi connectivity index (χ0) is 14.3. The monoisotopic (exact) mass is 286 g/mol. The van der Waals surface area contributed by atoms with Crippen LogP contribution in [0, 0.1) is 11.2 Å². The molecular weight excluding hydrogens is 267 g/mol. The van der Waals surface area contributed by atoms with Crippen molar-refractivity contribution < 1.29 is 12.8 Å². The molecule has 106 valence electrons. The minimum Gasteiger partial charge on any atom is -0.399 e. The molecule has 4 nitrogen and oxygen atoms in total. The first-order valence-corrected chi connectivity index (χ1v) is 7.78. The third-order valence-electron chi connectivity index (χ3n) is 3.80. The second-order valence-electron chi connectivity index (χ2n) is 5.74. The Labute approximate surface area is 113 Å². The first-order chi connectivity index (χ1) is 8.72. The third kappa shape index (κ3) is 2.90. The number of anilines is 1. The number of sulfonamides is 1. The lowest BCUT2D eigenvalue weighted by Gasteiger charge is -2.27. The maximum Gasteiger partial charge on any atom is 0.243 e. The average Bonchev–Trinajstić information content (AvgIpc) is 2.56. The molecule has 1 aliphatic carbocycles. The first kappa shape index (κ1) is 14.3. The Morgan fingerprint density at radius 1 is 1.42 bits per heavy atom. The van der Waals surface area contributed by atoms with Gasteiger partial charge in [-0.2, -0.15) is 0 Å². The van der Waals surface area contributed by atoms with Gasteiger partial charge in [0.2, 0.25) is 10.0 Å². The Bertz CT molecular complexity index is 584. The van der Waals surface area contributed by atoms with Crippen LogP contribution >= 0.6 is 0 Å². The van der Waals surface area contributed by atoms with E-state index >= 15 is 0 Å². The second kappa shape index (κ2) is 4.76. The van der Waals surface area contributed by atoms with E-state index in [2.05, 4.69) is 4.72 Å². The maximum atomic E-state index is 13.7. The largest absolute Gasteiger partial charge is 0.399 e. The van der Waals surface area contributed by atoms with Crippen molar-refractivity contribution in [3.05, 3.63) is 24.0 Å². The number of nitrogens with two attached hydrogens (primary N) is 1. The fourth-order valence-electron chi connectivity index (χ4n) is 2.53. The zero-order valence-corrected chi connectivity index (χ0v) is 11.9. The van der Waals surface area contributed by atoms with Gasteiger partial charge in [-0.25, -0.2) is 17.5 Å². The van der Waals surface area contributed by atoms with Gasteiger partial charge in [-0.15, -0.1) is 0 Å². The van der Waals surface area contributed by atoms with Gasteiger partial charge >= 0.3 is 0 Å². The van der Waals surface area contributed by atoms with Gasteiger partial charge in [-0.05, 0) is 36.5 Å². The molecule has 0 saturated heterocycles. The van der Waals surface area contributed by atoms with Crippen molar-refractivity contribution in [2.24, 2.45) is 5.41 Å². The molecule has 0 radical (unpaired) electrons. The summed E-state index contributed by atoms with van der Waals surface area (Å²) in [4.78, 5) is -0.343. The topological polar surface area (TPSA) is 72.2 Å². The van der Waals surface area contributed by atoms with Gasteiger partial charge in [0, 0.05) is 11.7 Å². The van der Waals surface area contributed by atoms with Crippen LogP contribution in [-0.4, -0.2) is 14.5 Å². The number of rotatable bonds is 3. The molecule has 1 atom stereocenters. The number of halogens is 1. The maximum absolute atomic E-state index is 13.7. The minimum absolute atomic E-state index is 0.0998. The summed E-state index contributed by atoms with van der Waals surface area (Å²) in [5, 5.41) is 0. The van der Waals surface area contributed by atoms with Gasteiger partial charge in [0.25, 0.3) is 0 Å². The first-order valence-electron chi connectivity index (χ1n) is 6.30. The summed E-state index contributed by atoms with van der Waals surface area (Å²) < 4.78 is 40.8. The van der Waals surface area contributed by atoms with Gasteiger partial charge in [-0.3, -0.25) is 0 Å². The highest BCUT2D eigenvalue weighted by Crippen LogP contribution is 2.38. The summed E-state index contributed by atoms with van der Waals surface area (Å²) in [5.41, 5.74) is 5.53. The second-order valence-corrected chi connectivity index (χ2v) is 7.43. The molecule has 1 aliphatic rings. The number of benzene rings is 1. The van der Waals surface area contributed by atoms with E-state index in [1.807, 2.05) is 13.8 Å². The summed E-state index contributed by atoms with van der Waals surface area (Å²) in [6.45, 7) is 4.04. The van der Waals surface area contributed by atoms with Crippen molar-refractivity contribution >= 4 is 15.7 Å². The molecular formula is C13H19FN2O2S. The van der Waals surface area contributed by atoms with Crippen molar-refractivity contribution in [1.82, 2.24) is 4.72 Å². The van der Waals surface area contributed by atoms with Crippen LogP contribution in [0.2, 0.25) is 0 Å². The fraction of sp³-hybridized carbons (Fsp3) is 0.538. The lowest BCUT2D eigenvalue weighted by Crippen LogP contribution is -2.41. The molecule has 6 heteroatoms. The molecule has 0 amide bonds. The van der Waals surface area contributed by atoms with Crippen molar-refractivity contribution in [2.75, 3.05) is 5.73 Å². The van der Waals surface area contributed by atoms with Gasteiger partial charge in [-0.1, -0.05) is 20.3 Å². The number of hydrogen-bond acceptors (Lipinski definition) is 3. The number of nitrogen functional groups attached to an aromatic ring is 1. The highest BCUT2D eigenvalue weighted by atomic mass is 32.2. The van der Waals surface area contributed by atoms with E-state index < -0.39 is 15.8 Å². The van der Waals surface area contributed by atoms with E-state index in [-0.39, 0.29) is 22.0 Å². The molecule has 1 aromatic rings. The Hall–Kier alpha value is -1.14. The summed E-state index contributed by atoms with van der Waals surface area (Å²) in [5.74, 6) is -0.816. The number of nitrogens with one attached hydrogen (secondary N) is 1. The Morgan fingerprint density at radius 3 is 2.63 bits per heavy atom. The van der Waals surface area contributed by atoms with Crippen LogP contribution in [0.4, 0.5) is 10.1 Å². The molecule has 2 rings (SSSR count). The zero-order valence-electron chi connectivity index (χ0n) is 11.1. The normalized spacial score (nSPS) is 22.6. The minimum atomic E-state index is -3.84. The molecule has 19 heavy (non-hydrogen) atoms. The lowest BCUT2D eigenvalue weighted by molar-refractivity contribution is 0.312. The summed E-state index contributed by atoms with van der Waals surface area (Å²) in [6, 6.07) is 3.45. The van der Waals surface area contributed by atoms with Crippen LogP contribution in [0.3, 0.4) is 0 Å². The van der Waals surface area contributed by atoms with Crippen LogP contribution in [-0.2, 0) is 10.0 Å². The van der Waals surface area contributed by atoms with Crippen molar-refractivity contribution in [3.8, 4) is 0 Å². The standard InChI is InChI=1S/C13H19FN2O2S/c1-13(2)7-3-4-12(13)16-19(17,18)11-6-5-9(15)8-10(11)14/h5-6,8,12,16H,3-4,7,15H2,1-2H3. The molecule has 3 N–H and O–H groups in total. The molecule has 0 heterocycles. The molecule has 0 spiro atoms. The van der Waals surface area contributed by atoms with E-state index in [1.165, 1.54) is 12.1 Å². The molecule has 1 aromatic carbocycles. The highest BCUT2D eigenvalue weighted by Gasteiger charge is 2.37. The Morgan fingerprint density at radius 2 is 2.11 bits per heavy atom. The Balaban J connectivity index is 2.28. The highest BCUT2D eigenvalue weighted by molar-refractivity contribution is 7.89. The van der Waals surface area contributed by atoms with Gasteiger partial charge in [0.15, 0.2) is 0 Å². The smallest absolute Gasteiger partial charge is 0.243 e. The summed E-state index contributed by atoms with van der Waals surface area (Å²) in [6.07, 6.45) is 2.72. The quantitative estimate of drug-likeness (QED) is 0.837. The van der Waals surface area contributed by atoms with Gasteiger partial charge in [0.05, 0.1) is 0 Å². The predicted octanol–water partition coefficient (Wildman–Crippen LogP) is 2.26. The SMILES string of the molecule is CC1(C)CCCC1NS(=O)(=O)c1ccc(N)cc1F. The van der Waals surface area contributed by atoms with Crippen LogP contribution in [0.25, 0.3) is 0 Å². The summed E-state index contributed by atoms with van der Waals surface area (Å²) in [7, 11) is -3.84. The van der Waals surface area contributed by atoms with Crippen molar-refractivity contribution in [1.29, 1.82) is 0 Å².